The molecule has 5 nitrogen and oxygen atoms in total. The molecule has 18 heavy (non-hydrogen) atoms. The minimum atomic E-state index is -0.929. The van der Waals surface area contributed by atoms with Crippen molar-refractivity contribution in [3.8, 4) is 0 Å². The molecule has 0 bridgehead atoms. The van der Waals surface area contributed by atoms with Gasteiger partial charge in [-0.15, -0.1) is 0 Å². The van der Waals surface area contributed by atoms with Crippen LogP contribution in [0.25, 0.3) is 11.0 Å². The number of aliphatic hydroxyl groups excluding tert-OH is 1. The Morgan fingerprint density at radius 2 is 2.22 bits per heavy atom. The molecule has 0 saturated heterocycles. The molecule has 2 aromatic heterocycles. The van der Waals surface area contributed by atoms with Crippen LogP contribution < -0.4 is 0 Å². The Balaban J connectivity index is 2.02. The van der Waals surface area contributed by atoms with Gasteiger partial charge >= 0.3 is 0 Å². The Morgan fingerprint density at radius 1 is 1.50 bits per heavy atom. The molecule has 0 spiro atoms. The van der Waals surface area contributed by atoms with Crippen molar-refractivity contribution in [3.05, 3.63) is 23.2 Å². The maximum atomic E-state index is 9.87. The van der Waals surface area contributed by atoms with Crippen LogP contribution in [-0.2, 0) is 0 Å². The zero-order valence-corrected chi connectivity index (χ0v) is 12.3. The van der Waals surface area contributed by atoms with Crippen LogP contribution in [0.2, 0.25) is 5.15 Å². The molecule has 0 atom stereocenters. The van der Waals surface area contributed by atoms with Gasteiger partial charge in [-0.3, -0.25) is 2.78 Å². The Morgan fingerprint density at radius 3 is 2.89 bits per heavy atom. The van der Waals surface area contributed by atoms with Gasteiger partial charge in [0.25, 0.3) is 0 Å². The van der Waals surface area contributed by atoms with E-state index in [0.29, 0.717) is 18.0 Å². The summed E-state index contributed by atoms with van der Waals surface area (Å²) in [6.45, 7) is -0.192. The first-order chi connectivity index (χ1) is 8.54. The van der Waals surface area contributed by atoms with Crippen LogP contribution in [0.5, 0.6) is 0 Å². The maximum absolute atomic E-state index is 9.87. The van der Waals surface area contributed by atoms with E-state index in [9.17, 15) is 5.11 Å². The van der Waals surface area contributed by atoms with Crippen molar-refractivity contribution in [3.63, 3.8) is 0 Å². The van der Waals surface area contributed by atoms with E-state index >= 15 is 0 Å². The van der Waals surface area contributed by atoms with Gasteiger partial charge in [0.15, 0.2) is 5.15 Å². The van der Waals surface area contributed by atoms with Gasteiger partial charge in [0, 0.05) is 11.8 Å². The van der Waals surface area contributed by atoms with E-state index in [-0.39, 0.29) is 12.5 Å². The normalized spacial score (nSPS) is 27.4. The van der Waals surface area contributed by atoms with Crippen LogP contribution in [0, 0.1) is 0 Å². The average molecular weight is 380 g/mol. The van der Waals surface area contributed by atoms with Crippen molar-refractivity contribution in [1.82, 2.24) is 12.7 Å². The van der Waals surface area contributed by atoms with E-state index in [1.165, 1.54) is 6.33 Å². The zero-order valence-electron chi connectivity index (χ0n) is 9.35. The molecule has 1 aliphatic carbocycles. The molecule has 0 unspecified atom stereocenters. The van der Waals surface area contributed by atoms with Crippen LogP contribution >= 0.6 is 34.5 Å². The Hall–Kier alpha value is -0.440. The minimum absolute atomic E-state index is 0.192. The third-order valence-electron chi connectivity index (χ3n) is 3.50. The fourth-order valence-corrected chi connectivity index (χ4v) is 3.63. The topological polar surface area (TPSA) is 71.2 Å². The van der Waals surface area contributed by atoms with Gasteiger partial charge in [-0.2, -0.15) is 0 Å². The minimum Gasteiger partial charge on any atom is -0.393 e. The Labute approximate surface area is 122 Å². The van der Waals surface area contributed by atoms with Gasteiger partial charge in [0.2, 0.25) is 0 Å². The van der Waals surface area contributed by atoms with Crippen molar-refractivity contribution >= 4 is 45.5 Å². The monoisotopic (exact) mass is 379 g/mol. The fraction of sp³-hybridized carbons (Fsp3) is 0.455. The molecule has 2 aromatic rings. The van der Waals surface area contributed by atoms with Crippen LogP contribution in [0.4, 0.5) is 0 Å². The van der Waals surface area contributed by atoms with E-state index in [4.69, 9.17) is 16.7 Å². The molecule has 3 rings (SSSR count). The summed E-state index contributed by atoms with van der Waals surface area (Å²) >= 11 is 8.20. The largest absolute Gasteiger partial charge is 0.393 e. The molecule has 1 saturated carbocycles. The highest BCUT2D eigenvalue weighted by atomic mass is 127. The lowest BCUT2D eigenvalue weighted by Gasteiger charge is -2.42. The van der Waals surface area contributed by atoms with Gasteiger partial charge in [0.05, 0.1) is 40.6 Å². The van der Waals surface area contributed by atoms with Crippen LogP contribution in [-0.4, -0.2) is 35.2 Å². The van der Waals surface area contributed by atoms with E-state index in [0.717, 1.165) is 16.6 Å². The summed E-state index contributed by atoms with van der Waals surface area (Å²) in [6.07, 6.45) is 4.52. The average Bonchev–Trinajstić information content (AvgIpc) is 2.64. The second kappa shape index (κ2) is 4.29. The molecule has 0 radical (unpaired) electrons. The summed E-state index contributed by atoms with van der Waals surface area (Å²) in [7, 11) is 0. The molecule has 96 valence electrons. The zero-order chi connectivity index (χ0) is 12.9. The second-order valence-electron chi connectivity index (χ2n) is 4.74. The third-order valence-corrected chi connectivity index (χ3v) is 4.54. The number of fused-ring (bicyclic) bond motifs is 1. The predicted octanol–water partition coefficient (Wildman–Crippen LogP) is 1.88. The summed E-state index contributed by atoms with van der Waals surface area (Å²) in [5, 5.41) is 19.4. The molecule has 2 N–H and O–H groups in total. The summed E-state index contributed by atoms with van der Waals surface area (Å²) in [5.74, 6) is 0.214. The van der Waals surface area contributed by atoms with Crippen molar-refractivity contribution in [1.29, 1.82) is 0 Å². The van der Waals surface area contributed by atoms with Gasteiger partial charge in [0.1, 0.15) is 11.8 Å². The molecule has 0 aromatic carbocycles. The van der Waals surface area contributed by atoms with Crippen LogP contribution in [0.3, 0.4) is 0 Å². The smallest absolute Gasteiger partial charge is 0.157 e. The standard InChI is InChI=1S/C11H11ClIN3O2/c12-10-9-8(14-5-15-10)7(3-16(9)13)6-1-11(18,2-6)4-17/h3,5-6,17-18H,1-2,4H2. The number of hydrogen-bond acceptors (Lipinski definition) is 4. The van der Waals surface area contributed by atoms with E-state index in [1.807, 2.05) is 8.98 Å². The molecule has 0 amide bonds. The van der Waals surface area contributed by atoms with Crippen molar-refractivity contribution in [2.45, 2.75) is 24.4 Å². The van der Waals surface area contributed by atoms with Gasteiger partial charge in [-0.25, -0.2) is 9.97 Å². The van der Waals surface area contributed by atoms with Gasteiger partial charge in [-0.05, 0) is 18.8 Å². The molecule has 7 heteroatoms. The molecule has 2 heterocycles. The Kier molecular flexibility index (Phi) is 3.00. The lowest BCUT2D eigenvalue weighted by molar-refractivity contribution is -0.0864. The van der Waals surface area contributed by atoms with Crippen LogP contribution in [0.1, 0.15) is 24.3 Å². The van der Waals surface area contributed by atoms with E-state index in [2.05, 4.69) is 32.8 Å². The molecular weight excluding hydrogens is 368 g/mol. The van der Waals surface area contributed by atoms with E-state index in [1.54, 1.807) is 0 Å². The highest BCUT2D eigenvalue weighted by Gasteiger charge is 2.44. The van der Waals surface area contributed by atoms with Crippen LogP contribution in [0.15, 0.2) is 12.5 Å². The van der Waals surface area contributed by atoms with E-state index < -0.39 is 5.60 Å². The highest BCUT2D eigenvalue weighted by molar-refractivity contribution is 14.1. The number of rotatable bonds is 2. The first-order valence-electron chi connectivity index (χ1n) is 5.55. The summed E-state index contributed by atoms with van der Waals surface area (Å²) in [5.41, 5.74) is 1.76. The predicted molar refractivity (Wildman–Crippen MR) is 76.0 cm³/mol. The third kappa shape index (κ3) is 1.82. The highest BCUT2D eigenvalue weighted by Crippen LogP contribution is 2.47. The number of aliphatic hydroxyl groups is 2. The first kappa shape index (κ1) is 12.6. The fourth-order valence-electron chi connectivity index (χ4n) is 2.51. The Bertz CT molecular complexity index is 610. The van der Waals surface area contributed by atoms with Crippen molar-refractivity contribution < 1.29 is 10.2 Å². The molecule has 0 aliphatic heterocycles. The first-order valence-corrected chi connectivity index (χ1v) is 6.89. The second-order valence-corrected chi connectivity index (χ2v) is 6.14. The number of hydrogen-bond donors (Lipinski definition) is 2. The number of halogens is 2. The summed E-state index contributed by atoms with van der Waals surface area (Å²) in [4.78, 5) is 8.24. The number of nitrogens with zero attached hydrogens (tertiary/aromatic N) is 3. The van der Waals surface area contributed by atoms with Gasteiger partial charge in [-0.1, -0.05) is 11.6 Å². The van der Waals surface area contributed by atoms with Crippen molar-refractivity contribution in [2.24, 2.45) is 0 Å². The summed E-state index contributed by atoms with van der Waals surface area (Å²) < 4.78 is 1.88. The SMILES string of the molecule is OCC1(O)CC(c2cn(I)c3c(Cl)ncnc23)C1. The lowest BCUT2D eigenvalue weighted by atomic mass is 9.68. The van der Waals surface area contributed by atoms with Crippen molar-refractivity contribution in [2.75, 3.05) is 6.61 Å². The molecule has 1 fully saturated rings. The quantitative estimate of drug-likeness (QED) is 0.617. The molecule has 1 aliphatic rings. The lowest BCUT2D eigenvalue weighted by Crippen LogP contribution is -2.45. The summed E-state index contributed by atoms with van der Waals surface area (Å²) in [6, 6.07) is 0. The molecular formula is C11H11ClIN3O2. The maximum Gasteiger partial charge on any atom is 0.157 e. The van der Waals surface area contributed by atoms with Gasteiger partial charge < -0.3 is 10.2 Å². The number of aromatic nitrogens is 3.